The number of nitrogens with zero attached hydrogens (tertiary/aromatic N) is 5. The van der Waals surface area contributed by atoms with Crippen molar-refractivity contribution in [1.29, 1.82) is 0 Å². The highest BCUT2D eigenvalue weighted by Crippen LogP contribution is 2.37. The summed E-state index contributed by atoms with van der Waals surface area (Å²) in [5.74, 6) is -6.55. The Morgan fingerprint density at radius 2 is 1.64 bits per heavy atom. The fraction of sp³-hybridized carbons (Fsp3) is 0.333. The van der Waals surface area contributed by atoms with Crippen LogP contribution in [-0.2, 0) is 12.7 Å². The van der Waals surface area contributed by atoms with Crippen LogP contribution in [0.5, 0.6) is 5.88 Å². The third-order valence-electron chi connectivity index (χ3n) is 3.92. The van der Waals surface area contributed by atoms with Crippen LogP contribution in [0.25, 0.3) is 16.9 Å². The second-order valence-corrected chi connectivity index (χ2v) is 6.66. The van der Waals surface area contributed by atoms with Crippen LogP contribution in [0, 0.1) is 0 Å². The molecule has 0 saturated heterocycles. The predicted octanol–water partition coefficient (Wildman–Crippen LogP) is 1.66. The van der Waals surface area contributed by atoms with Gasteiger partial charge >= 0.3 is 18.3 Å². The molecule has 0 unspecified atom stereocenters. The van der Waals surface area contributed by atoms with E-state index in [4.69, 9.17) is 28.3 Å². The van der Waals surface area contributed by atoms with Crippen LogP contribution in [0.3, 0.4) is 0 Å². The van der Waals surface area contributed by atoms with Gasteiger partial charge in [-0.05, 0) is 5.30 Å². The molecule has 0 aliphatic heterocycles. The van der Waals surface area contributed by atoms with E-state index in [1.807, 2.05) is 0 Å². The number of halogens is 8. The second-order valence-electron chi connectivity index (χ2n) is 6.66. The van der Waals surface area contributed by atoms with Crippen LogP contribution in [0.1, 0.15) is 5.69 Å². The average Bonchev–Trinajstić information content (AvgIpc) is 3.05. The summed E-state index contributed by atoms with van der Waals surface area (Å²) in [6, 6.07) is 0.960. The number of hydrogen-bond acceptors (Lipinski definition) is 5. The fourth-order valence-corrected chi connectivity index (χ4v) is 2.59. The first-order chi connectivity index (χ1) is 14.9. The molecular weight excluding hydrogens is 467 g/mol. The van der Waals surface area contributed by atoms with Gasteiger partial charge in [0.25, 0.3) is 5.56 Å². The van der Waals surface area contributed by atoms with Crippen LogP contribution in [0.4, 0.5) is 35.1 Å². The highest BCUT2D eigenvalue weighted by molar-refractivity contribution is 6.58. The number of hydrogen-bond donors (Lipinski definition) is 0. The lowest BCUT2D eigenvalue weighted by Crippen LogP contribution is -2.40. The third kappa shape index (κ3) is 5.14. The minimum Gasteiger partial charge on any atom is -0.501 e. The van der Waals surface area contributed by atoms with Crippen LogP contribution >= 0.6 is 0 Å². The summed E-state index contributed by atoms with van der Waals surface area (Å²) >= 11 is 0. The maximum Gasteiger partial charge on any atom is 0.455 e. The molecule has 0 bridgehead atoms. The summed E-state index contributed by atoms with van der Waals surface area (Å²) in [4.78, 5) is 19.6. The molecule has 0 saturated carbocycles. The van der Waals surface area contributed by atoms with Crippen molar-refractivity contribution in [3.8, 4) is 17.0 Å². The normalized spacial score (nSPS) is 13.5. The van der Waals surface area contributed by atoms with Crippen LogP contribution in [0.2, 0.25) is 0 Å². The molecule has 0 aromatic carbocycles. The van der Waals surface area contributed by atoms with E-state index in [9.17, 15) is 39.9 Å². The Bertz CT molecular complexity index is 1250. The first kappa shape index (κ1) is 24.6. The number of alkyl halides is 8. The van der Waals surface area contributed by atoms with Gasteiger partial charge in [-0.2, -0.15) is 45.2 Å². The van der Waals surface area contributed by atoms with Crippen molar-refractivity contribution in [1.82, 2.24) is 24.1 Å². The van der Waals surface area contributed by atoms with E-state index < -0.39 is 64.2 Å². The lowest BCUT2D eigenvalue weighted by atomic mass is 9.52. The van der Waals surface area contributed by atoms with Gasteiger partial charge in [0, 0.05) is 24.0 Å². The SMILES string of the molecule is [B]C([B])([B])Oc1ccn2c(=O)c(-c3cnn(CC(F)(F)C(F)(F)F)c3)c(C(F)(F)F)nc2n1. The molecule has 0 aliphatic carbocycles. The Labute approximate surface area is 182 Å². The first-order valence-electron chi connectivity index (χ1n) is 8.43. The van der Waals surface area contributed by atoms with E-state index in [1.165, 1.54) is 0 Å². The standard InChI is InChI=1S/C15H6B3F8N5O2/c16-15(17,18)33-7-1-2-31-10(32)8(9(13(21,22)23)29-11(31)28-7)6-3-27-30(4-6)5-12(19,20)14(24,25)26/h1-4H,5H2. The lowest BCUT2D eigenvalue weighted by molar-refractivity contribution is -0.287. The van der Waals surface area contributed by atoms with Gasteiger partial charge in [0.15, 0.2) is 5.69 Å². The predicted molar refractivity (Wildman–Crippen MR) is 97.1 cm³/mol. The van der Waals surface area contributed by atoms with Crippen molar-refractivity contribution < 1.29 is 39.9 Å². The first-order valence-corrected chi connectivity index (χ1v) is 8.43. The van der Waals surface area contributed by atoms with Crippen LogP contribution in [0.15, 0.2) is 29.5 Å². The van der Waals surface area contributed by atoms with Gasteiger partial charge in [-0.15, -0.1) is 0 Å². The molecule has 7 nitrogen and oxygen atoms in total. The van der Waals surface area contributed by atoms with Crippen molar-refractivity contribution in [2.24, 2.45) is 0 Å². The molecule has 0 N–H and O–H groups in total. The summed E-state index contributed by atoms with van der Waals surface area (Å²) in [6.45, 7) is -2.03. The van der Waals surface area contributed by atoms with Crippen LogP contribution in [-0.4, -0.2) is 65.1 Å². The smallest absolute Gasteiger partial charge is 0.455 e. The number of aromatic nitrogens is 5. The zero-order chi connectivity index (χ0) is 25.0. The highest BCUT2D eigenvalue weighted by atomic mass is 19.4. The maximum atomic E-state index is 13.6. The molecule has 3 heterocycles. The molecule has 0 spiro atoms. The maximum absolute atomic E-state index is 13.6. The van der Waals surface area contributed by atoms with E-state index in [1.54, 1.807) is 0 Å². The zero-order valence-corrected chi connectivity index (χ0v) is 15.8. The highest BCUT2D eigenvalue weighted by Gasteiger charge is 2.57. The summed E-state index contributed by atoms with van der Waals surface area (Å²) in [5.41, 5.74) is -5.06. The van der Waals surface area contributed by atoms with Gasteiger partial charge in [0.05, 0.1) is 11.8 Å². The van der Waals surface area contributed by atoms with Gasteiger partial charge < -0.3 is 4.74 Å². The molecule has 168 valence electrons. The molecule has 0 amide bonds. The number of fused-ring (bicyclic) bond motifs is 1. The molecule has 18 heteroatoms. The molecule has 3 aromatic rings. The Balaban J connectivity index is 2.15. The Hall–Kier alpha value is -3.07. The third-order valence-corrected chi connectivity index (χ3v) is 3.92. The largest absolute Gasteiger partial charge is 0.501 e. The molecule has 3 aromatic heterocycles. The second kappa shape index (κ2) is 7.76. The van der Waals surface area contributed by atoms with Crippen molar-refractivity contribution in [3.05, 3.63) is 40.7 Å². The van der Waals surface area contributed by atoms with Gasteiger partial charge in [-0.1, -0.05) is 0 Å². The zero-order valence-electron chi connectivity index (χ0n) is 15.8. The average molecular weight is 473 g/mol. The molecule has 6 radical (unpaired) electrons. The summed E-state index contributed by atoms with van der Waals surface area (Å²) in [5, 5.41) is 0.948. The molecule has 0 aliphatic rings. The molecule has 0 fully saturated rings. The quantitative estimate of drug-likeness (QED) is 0.417. The minimum atomic E-state index is -5.93. The summed E-state index contributed by atoms with van der Waals surface area (Å²) < 4.78 is 110. The van der Waals surface area contributed by atoms with Crippen molar-refractivity contribution in [3.63, 3.8) is 0 Å². The fourth-order valence-electron chi connectivity index (χ4n) is 2.59. The van der Waals surface area contributed by atoms with E-state index in [2.05, 4.69) is 15.1 Å². The van der Waals surface area contributed by atoms with Gasteiger partial charge in [-0.25, -0.2) is 4.98 Å². The molecule has 33 heavy (non-hydrogen) atoms. The number of rotatable bonds is 5. The van der Waals surface area contributed by atoms with Crippen molar-refractivity contribution in [2.75, 3.05) is 0 Å². The van der Waals surface area contributed by atoms with Crippen molar-refractivity contribution in [2.45, 2.75) is 30.1 Å². The van der Waals surface area contributed by atoms with E-state index in [0.29, 0.717) is 16.8 Å². The van der Waals surface area contributed by atoms with Gasteiger partial charge in [0.1, 0.15) is 30.1 Å². The van der Waals surface area contributed by atoms with Crippen molar-refractivity contribution >= 4 is 29.3 Å². The lowest BCUT2D eigenvalue weighted by Gasteiger charge is -2.22. The van der Waals surface area contributed by atoms with E-state index in [-0.39, 0.29) is 4.68 Å². The van der Waals surface area contributed by atoms with E-state index >= 15 is 0 Å². The van der Waals surface area contributed by atoms with E-state index in [0.717, 1.165) is 12.3 Å². The van der Waals surface area contributed by atoms with Gasteiger partial charge in [-0.3, -0.25) is 13.9 Å². The monoisotopic (exact) mass is 473 g/mol. The number of ether oxygens (including phenoxy) is 1. The minimum absolute atomic E-state index is 0.0514. The molecule has 3 rings (SSSR count). The summed E-state index contributed by atoms with van der Waals surface area (Å²) in [6.07, 6.45) is -9.37. The Morgan fingerprint density at radius 1 is 1.00 bits per heavy atom. The summed E-state index contributed by atoms with van der Waals surface area (Å²) in [7, 11) is 15.6. The molecular formula is C15H6B3F8N5O2. The van der Waals surface area contributed by atoms with Gasteiger partial charge in [0.2, 0.25) is 11.7 Å². The molecule has 0 atom stereocenters. The topological polar surface area (TPSA) is 74.3 Å². The van der Waals surface area contributed by atoms with Crippen LogP contribution < -0.4 is 10.3 Å². The Morgan fingerprint density at radius 3 is 2.18 bits per heavy atom. The Kier molecular flexibility index (Phi) is 5.78.